The molecule has 1 heterocycles. The molecule has 0 atom stereocenters. The predicted molar refractivity (Wildman–Crippen MR) is 102 cm³/mol. The summed E-state index contributed by atoms with van der Waals surface area (Å²) in [6.07, 6.45) is 3.92. The second kappa shape index (κ2) is 6.88. The molecule has 26 heavy (non-hydrogen) atoms. The summed E-state index contributed by atoms with van der Waals surface area (Å²) in [5.74, 6) is 0.477. The van der Waals surface area contributed by atoms with Gasteiger partial charge in [0, 0.05) is 16.5 Å². The molecule has 1 fully saturated rings. The van der Waals surface area contributed by atoms with Crippen molar-refractivity contribution < 1.29 is 14.3 Å². The van der Waals surface area contributed by atoms with Crippen LogP contribution in [-0.4, -0.2) is 25.0 Å². The number of anilines is 1. The second-order valence-corrected chi connectivity index (χ2v) is 7.38. The minimum atomic E-state index is -0.176. The highest BCUT2D eigenvalue weighted by molar-refractivity contribution is 8.04. The molecule has 5 nitrogen and oxygen atoms in total. The summed E-state index contributed by atoms with van der Waals surface area (Å²) in [5.41, 5.74) is 2.13. The number of amides is 2. The van der Waals surface area contributed by atoms with Gasteiger partial charge in [0.15, 0.2) is 0 Å². The Morgan fingerprint density at radius 2 is 2.12 bits per heavy atom. The monoisotopic (exact) mass is 366 g/mol. The Balaban J connectivity index is 1.57. The van der Waals surface area contributed by atoms with Crippen LogP contribution in [-0.2, 0) is 4.79 Å². The Labute approximate surface area is 155 Å². The molecule has 1 aliphatic carbocycles. The molecule has 0 radical (unpaired) electrons. The van der Waals surface area contributed by atoms with Crippen LogP contribution in [0.2, 0.25) is 0 Å². The third-order valence-electron chi connectivity index (χ3n) is 4.24. The Kier molecular flexibility index (Phi) is 4.42. The normalized spacial score (nSPS) is 17.4. The first-order chi connectivity index (χ1) is 12.6. The van der Waals surface area contributed by atoms with Crippen molar-refractivity contribution in [2.45, 2.75) is 23.8 Å². The number of hydrogen-bond donors (Lipinski definition) is 2. The molecule has 132 valence electrons. The smallest absolute Gasteiger partial charge is 0.262 e. The SMILES string of the molecule is COc1cccc(C=C2Sc3ccc(C(=O)NC4CC4)cc3NC2=O)c1. The van der Waals surface area contributed by atoms with Crippen LogP contribution < -0.4 is 15.4 Å². The fraction of sp³-hybridized carbons (Fsp3) is 0.200. The zero-order chi connectivity index (χ0) is 18.1. The third kappa shape index (κ3) is 3.60. The highest BCUT2D eigenvalue weighted by atomic mass is 32.2. The van der Waals surface area contributed by atoms with Gasteiger partial charge in [-0.05, 0) is 54.8 Å². The van der Waals surface area contributed by atoms with Gasteiger partial charge in [0.05, 0.1) is 17.7 Å². The molecule has 1 aliphatic heterocycles. The van der Waals surface area contributed by atoms with E-state index in [4.69, 9.17) is 4.74 Å². The Hall–Kier alpha value is -2.73. The lowest BCUT2D eigenvalue weighted by molar-refractivity contribution is -0.112. The summed E-state index contributed by atoms with van der Waals surface area (Å²) in [5, 5.41) is 5.84. The van der Waals surface area contributed by atoms with E-state index < -0.39 is 0 Å². The summed E-state index contributed by atoms with van der Waals surface area (Å²) in [6.45, 7) is 0. The van der Waals surface area contributed by atoms with Crippen molar-refractivity contribution >= 4 is 35.3 Å². The summed E-state index contributed by atoms with van der Waals surface area (Å²) in [4.78, 5) is 26.1. The van der Waals surface area contributed by atoms with Crippen LogP contribution in [0.25, 0.3) is 6.08 Å². The van der Waals surface area contributed by atoms with E-state index in [9.17, 15) is 9.59 Å². The summed E-state index contributed by atoms with van der Waals surface area (Å²) < 4.78 is 5.22. The van der Waals surface area contributed by atoms with Crippen LogP contribution in [0.3, 0.4) is 0 Å². The second-order valence-electron chi connectivity index (χ2n) is 6.30. The molecule has 4 rings (SSSR count). The lowest BCUT2D eigenvalue weighted by Crippen LogP contribution is -2.26. The number of carbonyl (C=O) groups excluding carboxylic acids is 2. The van der Waals surface area contributed by atoms with Crippen molar-refractivity contribution in [2.24, 2.45) is 0 Å². The number of rotatable bonds is 4. The zero-order valence-corrected chi connectivity index (χ0v) is 15.1. The maximum atomic E-state index is 12.5. The van der Waals surface area contributed by atoms with Crippen LogP contribution in [0.15, 0.2) is 52.3 Å². The van der Waals surface area contributed by atoms with Gasteiger partial charge >= 0.3 is 0 Å². The van der Waals surface area contributed by atoms with E-state index in [0.29, 0.717) is 22.2 Å². The van der Waals surface area contributed by atoms with E-state index in [1.165, 1.54) is 11.8 Å². The van der Waals surface area contributed by atoms with E-state index in [1.807, 2.05) is 36.4 Å². The van der Waals surface area contributed by atoms with Gasteiger partial charge in [-0.15, -0.1) is 0 Å². The molecule has 2 amide bonds. The maximum Gasteiger partial charge on any atom is 0.262 e. The molecular weight excluding hydrogens is 348 g/mol. The molecule has 0 aromatic heterocycles. The summed E-state index contributed by atoms with van der Waals surface area (Å²) in [6, 6.07) is 13.3. The molecule has 0 unspecified atom stereocenters. The van der Waals surface area contributed by atoms with Crippen molar-refractivity contribution in [1.29, 1.82) is 0 Å². The van der Waals surface area contributed by atoms with Crippen molar-refractivity contribution in [3.63, 3.8) is 0 Å². The van der Waals surface area contributed by atoms with Crippen LogP contribution in [0.4, 0.5) is 5.69 Å². The quantitative estimate of drug-likeness (QED) is 0.810. The Morgan fingerprint density at radius 1 is 1.27 bits per heavy atom. The van der Waals surface area contributed by atoms with Crippen LogP contribution in [0.5, 0.6) is 5.75 Å². The van der Waals surface area contributed by atoms with Crippen molar-refractivity contribution in [3.8, 4) is 5.75 Å². The molecule has 2 aromatic rings. The lowest BCUT2D eigenvalue weighted by atomic mass is 10.1. The number of thioether (sulfide) groups is 1. The number of carbonyl (C=O) groups is 2. The standard InChI is InChI=1S/C20H18N2O3S/c1-25-15-4-2-3-12(9-15)10-18-20(24)22-16-11-13(5-8-17(16)26-18)19(23)21-14-6-7-14/h2-5,8-11,14H,6-7H2,1H3,(H,21,23)(H,22,24). The van der Waals surface area contributed by atoms with Crippen LogP contribution in [0.1, 0.15) is 28.8 Å². The first-order valence-corrected chi connectivity index (χ1v) is 9.24. The molecule has 6 heteroatoms. The van der Waals surface area contributed by atoms with Crippen LogP contribution >= 0.6 is 11.8 Å². The fourth-order valence-electron chi connectivity index (χ4n) is 2.68. The molecule has 0 bridgehead atoms. The number of fused-ring (bicyclic) bond motifs is 1. The Morgan fingerprint density at radius 3 is 2.88 bits per heavy atom. The number of ether oxygens (including phenoxy) is 1. The van der Waals surface area contributed by atoms with Crippen LogP contribution in [0, 0.1) is 0 Å². The van der Waals surface area contributed by atoms with Gasteiger partial charge < -0.3 is 15.4 Å². The van der Waals surface area contributed by atoms with Crippen molar-refractivity contribution in [2.75, 3.05) is 12.4 Å². The lowest BCUT2D eigenvalue weighted by Gasteiger charge is -2.19. The van der Waals surface area contributed by atoms with Crippen molar-refractivity contribution in [1.82, 2.24) is 5.32 Å². The van der Waals surface area contributed by atoms with Gasteiger partial charge in [0.2, 0.25) is 0 Å². The molecule has 0 saturated heterocycles. The Bertz CT molecular complexity index is 919. The van der Waals surface area contributed by atoms with E-state index in [2.05, 4.69) is 10.6 Å². The van der Waals surface area contributed by atoms with Gasteiger partial charge in [-0.1, -0.05) is 23.9 Å². The maximum absolute atomic E-state index is 12.5. The minimum Gasteiger partial charge on any atom is -0.497 e. The van der Waals surface area contributed by atoms with Gasteiger partial charge in [-0.2, -0.15) is 0 Å². The molecule has 2 aromatic carbocycles. The first kappa shape index (κ1) is 16.7. The van der Waals surface area contributed by atoms with E-state index in [0.717, 1.165) is 29.1 Å². The largest absolute Gasteiger partial charge is 0.497 e. The third-order valence-corrected chi connectivity index (χ3v) is 5.34. The number of hydrogen-bond acceptors (Lipinski definition) is 4. The molecular formula is C20H18N2O3S. The minimum absolute atomic E-state index is 0.0905. The number of methoxy groups -OCH3 is 1. The average Bonchev–Trinajstić information content (AvgIpc) is 3.46. The number of nitrogens with one attached hydrogen (secondary N) is 2. The average molecular weight is 366 g/mol. The zero-order valence-electron chi connectivity index (χ0n) is 14.2. The molecule has 0 spiro atoms. The summed E-state index contributed by atoms with van der Waals surface area (Å²) in [7, 11) is 1.61. The number of benzene rings is 2. The summed E-state index contributed by atoms with van der Waals surface area (Å²) >= 11 is 1.40. The topological polar surface area (TPSA) is 67.4 Å². The van der Waals surface area contributed by atoms with E-state index in [1.54, 1.807) is 19.2 Å². The first-order valence-electron chi connectivity index (χ1n) is 8.42. The highest BCUT2D eigenvalue weighted by Gasteiger charge is 2.26. The van der Waals surface area contributed by atoms with Crippen molar-refractivity contribution in [3.05, 3.63) is 58.5 Å². The van der Waals surface area contributed by atoms with E-state index >= 15 is 0 Å². The van der Waals surface area contributed by atoms with Gasteiger partial charge in [0.25, 0.3) is 11.8 Å². The predicted octanol–water partition coefficient (Wildman–Crippen LogP) is 3.67. The van der Waals surface area contributed by atoms with Gasteiger partial charge in [-0.25, -0.2) is 0 Å². The van der Waals surface area contributed by atoms with Gasteiger partial charge in [0.1, 0.15) is 5.75 Å². The fourth-order valence-corrected chi connectivity index (χ4v) is 3.61. The molecule has 2 aliphatic rings. The van der Waals surface area contributed by atoms with E-state index in [-0.39, 0.29) is 11.8 Å². The molecule has 1 saturated carbocycles. The highest BCUT2D eigenvalue weighted by Crippen LogP contribution is 2.39. The van der Waals surface area contributed by atoms with Gasteiger partial charge in [-0.3, -0.25) is 9.59 Å². The molecule has 2 N–H and O–H groups in total.